The highest BCUT2D eigenvalue weighted by atomic mass is 16.1. The van der Waals surface area contributed by atoms with Crippen molar-refractivity contribution >= 4 is 11.4 Å². The zero-order valence-electron chi connectivity index (χ0n) is 10.4. The fraction of sp³-hybridized carbons (Fsp3) is 0.400. The second-order valence-electron chi connectivity index (χ2n) is 4.26. The number of Topliss-reactive ketones (excluding diaryl/α,β-unsaturated/α-hetero) is 1. The topological polar surface area (TPSA) is 17.1 Å². The minimum Gasteiger partial charge on any atom is -0.300 e. The van der Waals surface area contributed by atoms with Crippen molar-refractivity contribution in [1.29, 1.82) is 0 Å². The minimum atomic E-state index is 0.225. The average molecular weight is 216 g/mol. The van der Waals surface area contributed by atoms with Gasteiger partial charge >= 0.3 is 0 Å². The molecule has 0 heterocycles. The first-order valence-electron chi connectivity index (χ1n) is 5.89. The van der Waals surface area contributed by atoms with E-state index in [1.54, 1.807) is 6.92 Å². The van der Waals surface area contributed by atoms with Gasteiger partial charge in [-0.05, 0) is 31.4 Å². The van der Waals surface area contributed by atoms with E-state index in [0.717, 1.165) is 18.4 Å². The van der Waals surface area contributed by atoms with Crippen molar-refractivity contribution in [2.45, 2.75) is 40.0 Å². The van der Waals surface area contributed by atoms with Crippen LogP contribution in [0.3, 0.4) is 0 Å². The Bertz CT molecular complexity index is 371. The van der Waals surface area contributed by atoms with Gasteiger partial charge in [-0.3, -0.25) is 4.79 Å². The molecule has 0 spiro atoms. The molecule has 0 atom stereocenters. The van der Waals surface area contributed by atoms with Crippen molar-refractivity contribution in [2.75, 3.05) is 0 Å². The summed E-state index contributed by atoms with van der Waals surface area (Å²) in [6, 6.07) is 8.38. The van der Waals surface area contributed by atoms with E-state index in [-0.39, 0.29) is 5.78 Å². The number of carbonyl (C=O) groups excluding carboxylic acids is 1. The first kappa shape index (κ1) is 12.7. The number of aryl methyl sites for hydroxylation is 1. The Balaban J connectivity index is 2.91. The number of carbonyl (C=O) groups is 1. The number of unbranched alkanes of at least 4 members (excludes halogenated alkanes) is 1. The molecule has 0 amide bonds. The molecule has 0 aliphatic rings. The maximum absolute atomic E-state index is 11.2. The lowest BCUT2D eigenvalue weighted by Crippen LogP contribution is -1.94. The van der Waals surface area contributed by atoms with Crippen molar-refractivity contribution in [3.05, 3.63) is 41.5 Å². The van der Waals surface area contributed by atoms with Crippen LogP contribution in [-0.4, -0.2) is 5.78 Å². The highest BCUT2D eigenvalue weighted by Gasteiger charge is 2.04. The third-order valence-electron chi connectivity index (χ3n) is 2.54. The van der Waals surface area contributed by atoms with E-state index in [0.29, 0.717) is 6.42 Å². The molecule has 16 heavy (non-hydrogen) atoms. The Labute approximate surface area is 98.2 Å². The molecule has 0 bridgehead atoms. The highest BCUT2D eigenvalue weighted by molar-refractivity contribution is 5.88. The van der Waals surface area contributed by atoms with Gasteiger partial charge in [0.15, 0.2) is 0 Å². The predicted octanol–water partition coefficient (Wildman–Crippen LogP) is 4.16. The molecule has 86 valence electrons. The van der Waals surface area contributed by atoms with Crippen molar-refractivity contribution in [2.24, 2.45) is 0 Å². The summed E-state index contributed by atoms with van der Waals surface area (Å²) in [6.07, 6.45) is 4.89. The monoisotopic (exact) mass is 216 g/mol. The first-order chi connectivity index (χ1) is 7.63. The van der Waals surface area contributed by atoms with Crippen LogP contribution in [0.5, 0.6) is 0 Å². The Morgan fingerprint density at radius 1 is 1.25 bits per heavy atom. The molecule has 0 unspecified atom stereocenters. The number of hydrogen-bond acceptors (Lipinski definition) is 1. The third kappa shape index (κ3) is 4.01. The molecule has 0 N–H and O–H groups in total. The van der Waals surface area contributed by atoms with Gasteiger partial charge in [-0.2, -0.15) is 0 Å². The number of hydrogen-bond donors (Lipinski definition) is 0. The van der Waals surface area contributed by atoms with Gasteiger partial charge in [0.2, 0.25) is 0 Å². The molecular weight excluding hydrogens is 196 g/mol. The summed E-state index contributed by atoms with van der Waals surface area (Å²) >= 11 is 0. The molecule has 1 heteroatoms. The molecule has 1 rings (SSSR count). The van der Waals surface area contributed by atoms with Gasteiger partial charge in [-0.25, -0.2) is 0 Å². The molecule has 1 aromatic carbocycles. The number of benzene rings is 1. The predicted molar refractivity (Wildman–Crippen MR) is 69.4 cm³/mol. The Kier molecular flexibility index (Phi) is 4.97. The van der Waals surface area contributed by atoms with Crippen molar-refractivity contribution in [3.63, 3.8) is 0 Å². The van der Waals surface area contributed by atoms with Gasteiger partial charge < -0.3 is 0 Å². The van der Waals surface area contributed by atoms with Gasteiger partial charge in [0.25, 0.3) is 0 Å². The number of allylic oxidation sites excluding steroid dienone is 2. The molecule has 1 aromatic rings. The summed E-state index contributed by atoms with van der Waals surface area (Å²) in [5.74, 6) is 0.225. The largest absolute Gasteiger partial charge is 0.300 e. The zero-order chi connectivity index (χ0) is 12.0. The van der Waals surface area contributed by atoms with Crippen molar-refractivity contribution in [1.82, 2.24) is 0 Å². The molecule has 0 fully saturated rings. The van der Waals surface area contributed by atoms with E-state index < -0.39 is 0 Å². The summed E-state index contributed by atoms with van der Waals surface area (Å²) in [7, 11) is 0. The van der Waals surface area contributed by atoms with Crippen molar-refractivity contribution < 1.29 is 4.79 Å². The molecular formula is C15H20O. The quantitative estimate of drug-likeness (QED) is 0.722. The van der Waals surface area contributed by atoms with E-state index in [2.05, 4.69) is 44.2 Å². The maximum Gasteiger partial charge on any atom is 0.134 e. The molecule has 0 aromatic heterocycles. The second kappa shape index (κ2) is 6.26. The zero-order valence-corrected chi connectivity index (χ0v) is 10.4. The molecule has 0 saturated heterocycles. The van der Waals surface area contributed by atoms with Crippen LogP contribution < -0.4 is 0 Å². The van der Waals surface area contributed by atoms with Gasteiger partial charge in [0.05, 0.1) is 0 Å². The van der Waals surface area contributed by atoms with Crippen LogP contribution >= 0.6 is 0 Å². The Morgan fingerprint density at radius 2 is 1.88 bits per heavy atom. The van der Waals surface area contributed by atoms with Crippen LogP contribution in [0.1, 0.15) is 44.2 Å². The van der Waals surface area contributed by atoms with Crippen LogP contribution in [0.2, 0.25) is 0 Å². The fourth-order valence-electron chi connectivity index (χ4n) is 1.65. The van der Waals surface area contributed by atoms with E-state index in [9.17, 15) is 4.79 Å². The lowest BCUT2D eigenvalue weighted by Gasteiger charge is -2.06. The number of ketones is 1. The standard InChI is InChI=1S/C15H20O/c1-4-5-6-15(11-13(3)16)14-9-7-12(2)8-10-14/h6-10H,4-5,11H2,1-3H3/b15-6+. The normalized spacial score (nSPS) is 11.6. The Hall–Kier alpha value is -1.37. The molecule has 1 nitrogen and oxygen atoms in total. The smallest absolute Gasteiger partial charge is 0.134 e. The Morgan fingerprint density at radius 3 is 2.38 bits per heavy atom. The summed E-state index contributed by atoms with van der Waals surface area (Å²) < 4.78 is 0. The average Bonchev–Trinajstić information content (AvgIpc) is 2.25. The van der Waals surface area contributed by atoms with Crippen LogP contribution in [0.4, 0.5) is 0 Å². The van der Waals surface area contributed by atoms with Gasteiger partial charge in [0, 0.05) is 6.42 Å². The SMILES string of the molecule is CCC/C=C(\CC(C)=O)c1ccc(C)cc1. The van der Waals surface area contributed by atoms with Crippen LogP contribution in [0, 0.1) is 6.92 Å². The highest BCUT2D eigenvalue weighted by Crippen LogP contribution is 2.20. The van der Waals surface area contributed by atoms with E-state index in [1.807, 2.05) is 0 Å². The maximum atomic E-state index is 11.2. The van der Waals surface area contributed by atoms with Gasteiger partial charge in [-0.15, -0.1) is 0 Å². The first-order valence-corrected chi connectivity index (χ1v) is 5.89. The van der Waals surface area contributed by atoms with E-state index >= 15 is 0 Å². The van der Waals surface area contributed by atoms with Crippen molar-refractivity contribution in [3.8, 4) is 0 Å². The third-order valence-corrected chi connectivity index (χ3v) is 2.54. The summed E-state index contributed by atoms with van der Waals surface area (Å²) in [4.78, 5) is 11.2. The fourth-order valence-corrected chi connectivity index (χ4v) is 1.65. The molecule has 0 radical (unpaired) electrons. The van der Waals surface area contributed by atoms with Gasteiger partial charge in [0.1, 0.15) is 5.78 Å². The molecule has 0 aliphatic heterocycles. The second-order valence-corrected chi connectivity index (χ2v) is 4.26. The van der Waals surface area contributed by atoms with Crippen LogP contribution in [-0.2, 0) is 4.79 Å². The van der Waals surface area contributed by atoms with E-state index in [1.165, 1.54) is 11.1 Å². The molecule has 0 saturated carbocycles. The lowest BCUT2D eigenvalue weighted by atomic mass is 9.98. The minimum absolute atomic E-state index is 0.225. The lowest BCUT2D eigenvalue weighted by molar-refractivity contribution is -0.116. The van der Waals surface area contributed by atoms with E-state index in [4.69, 9.17) is 0 Å². The summed E-state index contributed by atoms with van der Waals surface area (Å²) in [6.45, 7) is 5.87. The number of rotatable bonds is 5. The summed E-state index contributed by atoms with van der Waals surface area (Å²) in [5, 5.41) is 0. The molecule has 0 aliphatic carbocycles. The summed E-state index contributed by atoms with van der Waals surface area (Å²) in [5.41, 5.74) is 3.59. The van der Waals surface area contributed by atoms with Gasteiger partial charge in [-0.1, -0.05) is 49.2 Å². The van der Waals surface area contributed by atoms with Crippen LogP contribution in [0.25, 0.3) is 5.57 Å². The van der Waals surface area contributed by atoms with Crippen LogP contribution in [0.15, 0.2) is 30.3 Å².